The number of anilines is 1. The fraction of sp³-hybridized carbons (Fsp3) is 0.105. The number of carboxylic acids is 1. The number of alkyl halides is 3. The fourth-order valence-corrected chi connectivity index (χ4v) is 3.80. The van der Waals surface area contributed by atoms with Crippen LogP contribution in [0.5, 0.6) is 5.75 Å². The van der Waals surface area contributed by atoms with Crippen molar-refractivity contribution < 1.29 is 32.6 Å². The summed E-state index contributed by atoms with van der Waals surface area (Å²) in [6, 6.07) is 10.8. The monoisotopic (exact) mass is 439 g/mol. The summed E-state index contributed by atoms with van der Waals surface area (Å²) in [6.45, 7) is -0.513. The van der Waals surface area contributed by atoms with Crippen LogP contribution in [0.3, 0.4) is 0 Å². The largest absolute Gasteiger partial charge is 0.482 e. The van der Waals surface area contributed by atoms with Gasteiger partial charge in [-0.3, -0.25) is 9.69 Å². The SMILES string of the molecule is O=C(O)COc1cccc(/C=C2/SC(=S)N(c3cccc(C(F)(F)F)c3)C2=O)c1. The van der Waals surface area contributed by atoms with Gasteiger partial charge in [0.1, 0.15) is 5.75 Å². The van der Waals surface area contributed by atoms with Crippen LogP contribution < -0.4 is 9.64 Å². The Morgan fingerprint density at radius 2 is 1.93 bits per heavy atom. The molecule has 1 fully saturated rings. The Morgan fingerprint density at radius 1 is 1.21 bits per heavy atom. The van der Waals surface area contributed by atoms with Crippen LogP contribution in [0.4, 0.5) is 18.9 Å². The van der Waals surface area contributed by atoms with E-state index < -0.39 is 30.2 Å². The second-order valence-electron chi connectivity index (χ2n) is 5.82. The van der Waals surface area contributed by atoms with E-state index in [9.17, 15) is 22.8 Å². The number of hydrogen-bond donors (Lipinski definition) is 1. The lowest BCUT2D eigenvalue weighted by Crippen LogP contribution is -2.27. The van der Waals surface area contributed by atoms with Gasteiger partial charge in [-0.25, -0.2) is 4.79 Å². The second-order valence-corrected chi connectivity index (χ2v) is 7.50. The summed E-state index contributed by atoms with van der Waals surface area (Å²) < 4.78 is 44.1. The van der Waals surface area contributed by atoms with Crippen molar-refractivity contribution in [3.63, 3.8) is 0 Å². The summed E-state index contributed by atoms with van der Waals surface area (Å²) in [6.07, 6.45) is -3.02. The molecule has 3 rings (SSSR count). The van der Waals surface area contributed by atoms with Crippen molar-refractivity contribution >= 4 is 51.9 Å². The maximum Gasteiger partial charge on any atom is 0.416 e. The number of nitrogens with zero attached hydrogens (tertiary/aromatic N) is 1. The van der Waals surface area contributed by atoms with Gasteiger partial charge in [-0.1, -0.05) is 42.2 Å². The molecule has 150 valence electrons. The summed E-state index contributed by atoms with van der Waals surface area (Å²) in [5, 5.41) is 8.67. The topological polar surface area (TPSA) is 66.8 Å². The van der Waals surface area contributed by atoms with Crippen LogP contribution in [0.2, 0.25) is 0 Å². The van der Waals surface area contributed by atoms with Crippen LogP contribution in [0.15, 0.2) is 53.4 Å². The minimum absolute atomic E-state index is 0.0317. The van der Waals surface area contributed by atoms with Crippen molar-refractivity contribution in [1.82, 2.24) is 0 Å². The van der Waals surface area contributed by atoms with E-state index in [0.717, 1.165) is 28.8 Å². The molecule has 1 N–H and O–H groups in total. The quantitative estimate of drug-likeness (QED) is 0.544. The van der Waals surface area contributed by atoms with Crippen molar-refractivity contribution in [3.05, 3.63) is 64.6 Å². The number of benzene rings is 2. The van der Waals surface area contributed by atoms with E-state index in [1.54, 1.807) is 24.3 Å². The number of carbonyl (C=O) groups excluding carboxylic acids is 1. The molecule has 1 aliphatic heterocycles. The molecule has 2 aromatic carbocycles. The highest BCUT2D eigenvalue weighted by molar-refractivity contribution is 8.27. The highest BCUT2D eigenvalue weighted by Gasteiger charge is 2.36. The lowest BCUT2D eigenvalue weighted by Gasteiger charge is -2.16. The maximum atomic E-state index is 13.0. The molecule has 0 aromatic heterocycles. The predicted molar refractivity (Wildman–Crippen MR) is 107 cm³/mol. The van der Waals surface area contributed by atoms with Gasteiger partial charge >= 0.3 is 12.1 Å². The minimum Gasteiger partial charge on any atom is -0.482 e. The number of rotatable bonds is 5. The van der Waals surface area contributed by atoms with E-state index in [1.807, 2.05) is 0 Å². The zero-order chi connectivity index (χ0) is 21.2. The average molecular weight is 439 g/mol. The van der Waals surface area contributed by atoms with Crippen molar-refractivity contribution in [3.8, 4) is 5.75 Å². The summed E-state index contributed by atoms with van der Waals surface area (Å²) in [5.41, 5.74) is -0.294. The zero-order valence-electron chi connectivity index (χ0n) is 14.5. The Balaban J connectivity index is 1.86. The zero-order valence-corrected chi connectivity index (χ0v) is 16.1. The van der Waals surface area contributed by atoms with Gasteiger partial charge in [0.05, 0.1) is 16.2 Å². The van der Waals surface area contributed by atoms with Crippen LogP contribution in [-0.4, -0.2) is 27.9 Å². The van der Waals surface area contributed by atoms with Crippen LogP contribution in [0.1, 0.15) is 11.1 Å². The molecule has 1 amide bonds. The molecule has 0 unspecified atom stereocenters. The normalized spacial score (nSPS) is 15.8. The number of amides is 1. The molecule has 2 aromatic rings. The number of hydrogen-bond acceptors (Lipinski definition) is 5. The van der Waals surface area contributed by atoms with Crippen molar-refractivity contribution in [2.75, 3.05) is 11.5 Å². The van der Waals surface area contributed by atoms with E-state index in [-0.39, 0.29) is 14.9 Å². The van der Waals surface area contributed by atoms with Gasteiger partial charge in [0, 0.05) is 0 Å². The summed E-state index contributed by atoms with van der Waals surface area (Å²) >= 11 is 6.14. The third-order valence-electron chi connectivity index (χ3n) is 3.74. The van der Waals surface area contributed by atoms with Crippen molar-refractivity contribution in [2.24, 2.45) is 0 Å². The minimum atomic E-state index is -4.54. The maximum absolute atomic E-state index is 13.0. The first-order valence-electron chi connectivity index (χ1n) is 8.05. The summed E-state index contributed by atoms with van der Waals surface area (Å²) in [7, 11) is 0. The number of aliphatic carboxylic acids is 1. The molecule has 1 heterocycles. The smallest absolute Gasteiger partial charge is 0.416 e. The van der Waals surface area contributed by atoms with Gasteiger partial charge in [0.2, 0.25) is 0 Å². The summed E-state index contributed by atoms with van der Waals surface area (Å²) in [4.78, 5) is 24.6. The van der Waals surface area contributed by atoms with Gasteiger partial charge in [0.25, 0.3) is 5.91 Å². The first-order valence-corrected chi connectivity index (χ1v) is 9.27. The van der Waals surface area contributed by atoms with Gasteiger partial charge in [-0.15, -0.1) is 0 Å². The molecule has 1 saturated heterocycles. The number of thiocarbonyl (C=S) groups is 1. The third-order valence-corrected chi connectivity index (χ3v) is 5.05. The number of thioether (sulfide) groups is 1. The number of carbonyl (C=O) groups is 2. The van der Waals surface area contributed by atoms with Crippen molar-refractivity contribution in [2.45, 2.75) is 6.18 Å². The van der Waals surface area contributed by atoms with E-state index in [2.05, 4.69) is 0 Å². The van der Waals surface area contributed by atoms with Gasteiger partial charge in [-0.05, 0) is 42.0 Å². The lowest BCUT2D eigenvalue weighted by molar-refractivity contribution is -0.139. The Morgan fingerprint density at radius 3 is 2.62 bits per heavy atom. The van der Waals surface area contributed by atoms with E-state index in [4.69, 9.17) is 22.1 Å². The van der Waals surface area contributed by atoms with Gasteiger partial charge in [0.15, 0.2) is 10.9 Å². The highest BCUT2D eigenvalue weighted by Crippen LogP contribution is 2.38. The predicted octanol–water partition coefficient (Wildman–Crippen LogP) is 4.57. The Bertz CT molecular complexity index is 1020. The fourth-order valence-electron chi connectivity index (χ4n) is 2.50. The molecule has 10 heteroatoms. The van der Waals surface area contributed by atoms with Gasteiger partial charge in [-0.2, -0.15) is 13.2 Å². The highest BCUT2D eigenvalue weighted by atomic mass is 32.2. The Hall–Kier alpha value is -2.85. The molecule has 0 bridgehead atoms. The van der Waals surface area contributed by atoms with Crippen LogP contribution in [-0.2, 0) is 15.8 Å². The van der Waals surface area contributed by atoms with Gasteiger partial charge < -0.3 is 9.84 Å². The summed E-state index contributed by atoms with van der Waals surface area (Å²) in [5.74, 6) is -1.37. The Kier molecular flexibility index (Phi) is 5.94. The molecule has 0 spiro atoms. The molecular formula is C19H12F3NO4S2. The molecule has 0 radical (unpaired) electrons. The molecule has 5 nitrogen and oxygen atoms in total. The van der Waals surface area contributed by atoms with Crippen LogP contribution in [0, 0.1) is 0 Å². The standard InChI is InChI=1S/C19H12F3NO4S2/c20-19(21,22)12-4-2-5-13(9-12)23-17(26)15(29-18(23)28)8-11-3-1-6-14(7-11)27-10-16(24)25/h1-9H,10H2,(H,24,25)/b15-8+. The molecular weight excluding hydrogens is 427 g/mol. The number of carboxylic acid groups (broad SMARTS) is 1. The molecule has 0 atom stereocenters. The van der Waals surface area contributed by atoms with E-state index in [0.29, 0.717) is 11.3 Å². The Labute approximate surface area is 172 Å². The van der Waals surface area contributed by atoms with Crippen molar-refractivity contribution in [1.29, 1.82) is 0 Å². The van der Waals surface area contributed by atoms with E-state index >= 15 is 0 Å². The lowest BCUT2D eigenvalue weighted by atomic mass is 10.1. The molecule has 29 heavy (non-hydrogen) atoms. The number of halogens is 3. The van der Waals surface area contributed by atoms with E-state index in [1.165, 1.54) is 18.2 Å². The van der Waals surface area contributed by atoms with Crippen LogP contribution >= 0.6 is 24.0 Å². The third kappa shape index (κ3) is 4.96. The second kappa shape index (κ2) is 8.26. The van der Waals surface area contributed by atoms with Crippen LogP contribution in [0.25, 0.3) is 6.08 Å². The first-order chi connectivity index (χ1) is 13.6. The average Bonchev–Trinajstić information content (AvgIpc) is 2.93. The molecule has 1 aliphatic rings. The molecule has 0 saturated carbocycles. The molecule has 0 aliphatic carbocycles. The number of ether oxygens (including phenoxy) is 1. The first kappa shape index (κ1) is 20.9.